The summed E-state index contributed by atoms with van der Waals surface area (Å²) in [4.78, 5) is 12.7. The highest BCUT2D eigenvalue weighted by molar-refractivity contribution is 9.10. The molecular formula is C15H15BrN6O. The minimum Gasteiger partial charge on any atom is -0.265 e. The zero-order chi connectivity index (χ0) is 16.6. The maximum Gasteiger partial charge on any atom is 0.298 e. The molecule has 0 saturated heterocycles. The van der Waals surface area contributed by atoms with Gasteiger partial charge in [-0.25, -0.2) is 0 Å². The fourth-order valence-electron chi connectivity index (χ4n) is 2.02. The molecule has 0 aliphatic carbocycles. The van der Waals surface area contributed by atoms with Gasteiger partial charge in [-0.2, -0.15) is 19.4 Å². The van der Waals surface area contributed by atoms with E-state index in [4.69, 9.17) is 0 Å². The molecule has 0 fully saturated rings. The van der Waals surface area contributed by atoms with E-state index in [9.17, 15) is 4.79 Å². The molecule has 0 bridgehead atoms. The first kappa shape index (κ1) is 15.5. The van der Waals surface area contributed by atoms with Crippen molar-refractivity contribution in [2.45, 2.75) is 26.2 Å². The third kappa shape index (κ3) is 3.07. The first-order valence-corrected chi connectivity index (χ1v) is 7.79. The van der Waals surface area contributed by atoms with Crippen molar-refractivity contribution in [3.63, 3.8) is 0 Å². The lowest BCUT2D eigenvalue weighted by Gasteiger charge is -2.16. The minimum absolute atomic E-state index is 0.274. The normalized spacial score (nSPS) is 12.3. The van der Waals surface area contributed by atoms with Gasteiger partial charge in [0.2, 0.25) is 0 Å². The van der Waals surface area contributed by atoms with Gasteiger partial charge in [-0.15, -0.1) is 10.2 Å². The Kier molecular flexibility index (Phi) is 3.85. The molecule has 0 N–H and O–H groups in total. The van der Waals surface area contributed by atoms with Crippen LogP contribution >= 0.6 is 15.9 Å². The quantitative estimate of drug-likeness (QED) is 0.644. The van der Waals surface area contributed by atoms with Gasteiger partial charge in [0.25, 0.3) is 11.3 Å². The summed E-state index contributed by atoms with van der Waals surface area (Å²) in [7, 11) is 0. The summed E-state index contributed by atoms with van der Waals surface area (Å²) in [6, 6.07) is 7.60. The van der Waals surface area contributed by atoms with Crippen molar-refractivity contribution in [1.82, 2.24) is 24.5 Å². The summed E-state index contributed by atoms with van der Waals surface area (Å²) < 4.78 is 3.66. The molecule has 0 atom stereocenters. The van der Waals surface area contributed by atoms with E-state index >= 15 is 0 Å². The molecule has 0 aliphatic heterocycles. The first-order valence-electron chi connectivity index (χ1n) is 7.00. The second-order valence-corrected chi connectivity index (χ2v) is 7.00. The number of hydrogen-bond acceptors (Lipinski definition) is 5. The highest BCUT2D eigenvalue weighted by Crippen LogP contribution is 2.16. The lowest BCUT2D eigenvalue weighted by molar-refractivity contribution is 0.529. The van der Waals surface area contributed by atoms with Gasteiger partial charge in [0.15, 0.2) is 0 Å². The van der Waals surface area contributed by atoms with Gasteiger partial charge in [0.05, 0.1) is 6.21 Å². The van der Waals surface area contributed by atoms with Gasteiger partial charge < -0.3 is 0 Å². The predicted molar refractivity (Wildman–Crippen MR) is 90.9 cm³/mol. The van der Waals surface area contributed by atoms with Crippen LogP contribution in [0.15, 0.2) is 45.0 Å². The summed E-state index contributed by atoms with van der Waals surface area (Å²) in [5, 5.41) is 16.3. The summed E-state index contributed by atoms with van der Waals surface area (Å²) in [5.74, 6) is 0.274. The average molecular weight is 375 g/mol. The third-order valence-corrected chi connectivity index (χ3v) is 3.74. The summed E-state index contributed by atoms with van der Waals surface area (Å²) in [6.07, 6.45) is 3.06. The van der Waals surface area contributed by atoms with Crippen LogP contribution in [0.1, 0.15) is 32.0 Å². The number of aromatic nitrogens is 5. The van der Waals surface area contributed by atoms with Crippen molar-refractivity contribution >= 4 is 27.9 Å². The molecule has 0 saturated carbocycles. The Morgan fingerprint density at radius 2 is 1.91 bits per heavy atom. The Bertz CT molecular complexity index is 933. The van der Waals surface area contributed by atoms with Crippen LogP contribution < -0.4 is 5.56 Å². The van der Waals surface area contributed by atoms with E-state index in [1.165, 1.54) is 15.5 Å². The van der Waals surface area contributed by atoms with Crippen LogP contribution in [0, 0.1) is 0 Å². The second-order valence-electron chi connectivity index (χ2n) is 6.09. The molecule has 8 heteroatoms. The van der Waals surface area contributed by atoms with E-state index in [0.29, 0.717) is 5.69 Å². The van der Waals surface area contributed by atoms with Gasteiger partial charge in [-0.3, -0.25) is 4.79 Å². The maximum absolute atomic E-state index is 12.7. The van der Waals surface area contributed by atoms with E-state index in [1.807, 2.05) is 45.0 Å². The molecule has 0 spiro atoms. The van der Waals surface area contributed by atoms with Crippen molar-refractivity contribution in [3.05, 3.63) is 56.7 Å². The van der Waals surface area contributed by atoms with Crippen LogP contribution in [0.3, 0.4) is 0 Å². The van der Waals surface area contributed by atoms with Gasteiger partial charge >= 0.3 is 0 Å². The van der Waals surface area contributed by atoms with E-state index in [2.05, 4.69) is 36.3 Å². The fraction of sp³-hybridized carbons (Fsp3) is 0.267. The number of nitrogens with zero attached hydrogens (tertiary/aromatic N) is 6. The molecule has 0 amide bonds. The summed E-state index contributed by atoms with van der Waals surface area (Å²) >= 11 is 3.38. The fourth-order valence-corrected chi connectivity index (χ4v) is 2.29. The van der Waals surface area contributed by atoms with Gasteiger partial charge in [-0.05, 0) is 17.7 Å². The topological polar surface area (TPSA) is 77.4 Å². The number of fused-ring (bicyclic) bond motifs is 1. The number of benzene rings is 1. The van der Waals surface area contributed by atoms with E-state index in [1.54, 1.807) is 6.21 Å². The first-order chi connectivity index (χ1) is 10.9. The molecule has 2 heterocycles. The van der Waals surface area contributed by atoms with Crippen LogP contribution in [0.5, 0.6) is 0 Å². The summed E-state index contributed by atoms with van der Waals surface area (Å²) in [5.41, 5.74) is 0.556. The Morgan fingerprint density at radius 3 is 2.57 bits per heavy atom. The largest absolute Gasteiger partial charge is 0.298 e. The van der Waals surface area contributed by atoms with E-state index in [0.717, 1.165) is 10.0 Å². The zero-order valence-electron chi connectivity index (χ0n) is 12.9. The smallest absolute Gasteiger partial charge is 0.265 e. The number of hydrogen-bond donors (Lipinski definition) is 0. The second kappa shape index (κ2) is 5.69. The predicted octanol–water partition coefficient (Wildman–Crippen LogP) is 2.23. The molecule has 7 nitrogen and oxygen atoms in total. The summed E-state index contributed by atoms with van der Waals surface area (Å²) in [6.45, 7) is 5.78. The Hall–Kier alpha value is -2.35. The van der Waals surface area contributed by atoms with Gasteiger partial charge in [0, 0.05) is 9.89 Å². The van der Waals surface area contributed by atoms with E-state index < -0.39 is 5.41 Å². The molecule has 23 heavy (non-hydrogen) atoms. The van der Waals surface area contributed by atoms with Crippen molar-refractivity contribution in [1.29, 1.82) is 0 Å². The van der Waals surface area contributed by atoms with Crippen LogP contribution in [0.25, 0.3) is 5.78 Å². The van der Waals surface area contributed by atoms with Crippen molar-refractivity contribution in [2.24, 2.45) is 5.10 Å². The standard InChI is InChI=1S/C15H15BrN6O/c1-15(2,3)12-13(23)22(14-19-17-9-21(14)20-12)18-8-10-4-6-11(16)7-5-10/h4-9H,1-3H3. The molecule has 0 unspecified atom stereocenters. The van der Waals surface area contributed by atoms with Crippen molar-refractivity contribution in [3.8, 4) is 0 Å². The average Bonchev–Trinajstić information content (AvgIpc) is 2.94. The SMILES string of the molecule is CC(C)(C)c1nn2cnnc2n(N=Cc2ccc(Br)cc2)c1=O. The Morgan fingerprint density at radius 1 is 1.22 bits per heavy atom. The highest BCUT2D eigenvalue weighted by atomic mass is 79.9. The number of rotatable bonds is 2. The third-order valence-electron chi connectivity index (χ3n) is 3.21. The minimum atomic E-state index is -0.412. The van der Waals surface area contributed by atoms with Gasteiger partial charge in [-0.1, -0.05) is 48.8 Å². The zero-order valence-corrected chi connectivity index (χ0v) is 14.5. The molecule has 1 aromatic carbocycles. The maximum atomic E-state index is 12.7. The molecular weight excluding hydrogens is 360 g/mol. The Labute approximate surface area is 140 Å². The monoisotopic (exact) mass is 374 g/mol. The molecule has 2 aromatic heterocycles. The van der Waals surface area contributed by atoms with Crippen LogP contribution in [-0.2, 0) is 5.41 Å². The van der Waals surface area contributed by atoms with Crippen LogP contribution in [-0.4, -0.2) is 30.7 Å². The molecule has 118 valence electrons. The number of halogens is 1. The van der Waals surface area contributed by atoms with Gasteiger partial charge in [0.1, 0.15) is 12.0 Å². The van der Waals surface area contributed by atoms with Crippen molar-refractivity contribution < 1.29 is 0 Å². The van der Waals surface area contributed by atoms with Crippen molar-refractivity contribution in [2.75, 3.05) is 0 Å². The molecule has 0 aliphatic rings. The van der Waals surface area contributed by atoms with E-state index in [-0.39, 0.29) is 11.3 Å². The lowest BCUT2D eigenvalue weighted by atomic mass is 9.93. The molecule has 0 radical (unpaired) electrons. The molecule has 3 aromatic rings. The highest BCUT2D eigenvalue weighted by Gasteiger charge is 2.23. The lowest BCUT2D eigenvalue weighted by Crippen LogP contribution is -2.33. The molecule has 3 rings (SSSR count). The Balaban J connectivity index is 2.16. The van der Waals surface area contributed by atoms with Crippen LogP contribution in [0.4, 0.5) is 0 Å². The van der Waals surface area contributed by atoms with Crippen LogP contribution in [0.2, 0.25) is 0 Å².